The van der Waals surface area contributed by atoms with Crippen molar-refractivity contribution in [3.05, 3.63) is 23.0 Å². The van der Waals surface area contributed by atoms with Crippen LogP contribution in [0.1, 0.15) is 23.2 Å². The number of thioether (sulfide) groups is 1. The molecule has 4 heteroatoms. The topological polar surface area (TPSA) is 34.1 Å². The highest BCUT2D eigenvalue weighted by molar-refractivity contribution is 7.99. The van der Waals surface area contributed by atoms with E-state index < -0.39 is 0 Å². The summed E-state index contributed by atoms with van der Waals surface area (Å²) < 4.78 is 5.43. The lowest BCUT2D eigenvalue weighted by Crippen LogP contribution is -2.23. The minimum atomic E-state index is 0.836. The number of nitrogens with zero attached hydrogens (tertiary/aromatic N) is 1. The zero-order chi connectivity index (χ0) is 13.0. The van der Waals surface area contributed by atoms with E-state index in [1.165, 1.54) is 17.9 Å². The molecule has 1 fully saturated rings. The maximum Gasteiger partial charge on any atom is 0.128 e. The van der Waals surface area contributed by atoms with Crippen LogP contribution in [0.5, 0.6) is 5.75 Å². The van der Waals surface area contributed by atoms with E-state index in [9.17, 15) is 0 Å². The summed E-state index contributed by atoms with van der Waals surface area (Å²) in [6.45, 7) is 6.06. The molecule has 0 bridgehead atoms. The minimum absolute atomic E-state index is 0.836. The van der Waals surface area contributed by atoms with Crippen LogP contribution in [0.4, 0.5) is 0 Å². The fourth-order valence-corrected chi connectivity index (χ4v) is 3.67. The molecule has 2 heterocycles. The summed E-state index contributed by atoms with van der Waals surface area (Å²) in [4.78, 5) is 4.50. The second-order valence-corrected chi connectivity index (χ2v) is 6.06. The fraction of sp³-hybridized carbons (Fsp3) is 0.643. The van der Waals surface area contributed by atoms with Gasteiger partial charge in [-0.05, 0) is 44.2 Å². The van der Waals surface area contributed by atoms with Gasteiger partial charge in [0, 0.05) is 23.9 Å². The number of ether oxygens (including phenoxy) is 1. The predicted octanol–water partition coefficient (Wildman–Crippen LogP) is 2.55. The first-order chi connectivity index (χ1) is 8.72. The molecule has 0 aliphatic carbocycles. The van der Waals surface area contributed by atoms with Gasteiger partial charge in [-0.3, -0.25) is 4.98 Å². The van der Waals surface area contributed by atoms with Crippen LogP contribution in [0.25, 0.3) is 0 Å². The first-order valence-corrected chi connectivity index (χ1v) is 7.65. The van der Waals surface area contributed by atoms with Crippen LogP contribution in [-0.4, -0.2) is 30.1 Å². The summed E-state index contributed by atoms with van der Waals surface area (Å²) in [6.07, 6.45) is 3.25. The number of aryl methyl sites for hydroxylation is 1. The highest BCUT2D eigenvalue weighted by Gasteiger charge is 2.15. The SMILES string of the molecule is COc1c(C)cnc(CNCC2CCSC2)c1C. The Morgan fingerprint density at radius 2 is 2.33 bits per heavy atom. The quantitative estimate of drug-likeness (QED) is 0.888. The molecule has 1 saturated heterocycles. The molecule has 1 aliphatic rings. The van der Waals surface area contributed by atoms with Gasteiger partial charge in [0.1, 0.15) is 5.75 Å². The maximum atomic E-state index is 5.43. The van der Waals surface area contributed by atoms with E-state index in [1.807, 2.05) is 13.1 Å². The molecule has 1 aromatic heterocycles. The smallest absolute Gasteiger partial charge is 0.128 e. The van der Waals surface area contributed by atoms with Gasteiger partial charge in [0.15, 0.2) is 0 Å². The van der Waals surface area contributed by atoms with Crippen LogP contribution in [0.3, 0.4) is 0 Å². The number of nitrogens with one attached hydrogen (secondary N) is 1. The van der Waals surface area contributed by atoms with Crippen molar-refractivity contribution >= 4 is 11.8 Å². The second-order valence-electron chi connectivity index (χ2n) is 4.91. The highest BCUT2D eigenvalue weighted by atomic mass is 32.2. The third-order valence-electron chi connectivity index (χ3n) is 3.50. The average molecular weight is 266 g/mol. The Bertz CT molecular complexity index is 403. The van der Waals surface area contributed by atoms with E-state index in [-0.39, 0.29) is 0 Å². The van der Waals surface area contributed by atoms with Crippen LogP contribution in [0, 0.1) is 19.8 Å². The molecule has 2 rings (SSSR count). The molecule has 1 aliphatic heterocycles. The van der Waals surface area contributed by atoms with Crippen molar-refractivity contribution in [3.8, 4) is 5.75 Å². The number of hydrogen-bond acceptors (Lipinski definition) is 4. The van der Waals surface area contributed by atoms with E-state index in [1.54, 1.807) is 7.11 Å². The van der Waals surface area contributed by atoms with E-state index >= 15 is 0 Å². The van der Waals surface area contributed by atoms with Crippen molar-refractivity contribution in [2.24, 2.45) is 5.92 Å². The standard InChI is InChI=1S/C14H22N2OS/c1-10-6-16-13(11(2)14(10)17-3)8-15-7-12-4-5-18-9-12/h6,12,15H,4-5,7-9H2,1-3H3. The van der Waals surface area contributed by atoms with Crippen molar-refractivity contribution in [2.75, 3.05) is 25.2 Å². The van der Waals surface area contributed by atoms with Gasteiger partial charge in [0.05, 0.1) is 12.8 Å². The lowest BCUT2D eigenvalue weighted by atomic mass is 10.1. The van der Waals surface area contributed by atoms with Crippen LogP contribution < -0.4 is 10.1 Å². The number of pyridine rings is 1. The third kappa shape index (κ3) is 3.18. The normalized spacial score (nSPS) is 19.2. The van der Waals surface area contributed by atoms with Gasteiger partial charge >= 0.3 is 0 Å². The van der Waals surface area contributed by atoms with Gasteiger partial charge < -0.3 is 10.1 Å². The molecule has 18 heavy (non-hydrogen) atoms. The maximum absolute atomic E-state index is 5.43. The minimum Gasteiger partial charge on any atom is -0.496 e. The van der Waals surface area contributed by atoms with E-state index in [0.29, 0.717) is 0 Å². The number of methoxy groups -OCH3 is 1. The summed E-state index contributed by atoms with van der Waals surface area (Å²) >= 11 is 2.06. The molecule has 0 radical (unpaired) electrons. The summed E-state index contributed by atoms with van der Waals surface area (Å²) in [7, 11) is 1.72. The Labute approximate surface area is 114 Å². The summed E-state index contributed by atoms with van der Waals surface area (Å²) in [6, 6.07) is 0. The van der Waals surface area contributed by atoms with Crippen LogP contribution in [0.15, 0.2) is 6.20 Å². The molecule has 1 aromatic rings. The van der Waals surface area contributed by atoms with E-state index in [2.05, 4.69) is 29.0 Å². The van der Waals surface area contributed by atoms with Crippen molar-refractivity contribution in [1.29, 1.82) is 0 Å². The number of aromatic nitrogens is 1. The number of hydrogen-bond donors (Lipinski definition) is 1. The van der Waals surface area contributed by atoms with E-state index in [4.69, 9.17) is 4.74 Å². The van der Waals surface area contributed by atoms with Gasteiger partial charge in [-0.1, -0.05) is 0 Å². The lowest BCUT2D eigenvalue weighted by Gasteiger charge is -2.14. The first kappa shape index (κ1) is 13.7. The average Bonchev–Trinajstić information content (AvgIpc) is 2.86. The Kier molecular flexibility index (Phi) is 4.89. The summed E-state index contributed by atoms with van der Waals surface area (Å²) in [5, 5.41) is 3.52. The molecule has 1 N–H and O–H groups in total. The Hall–Kier alpha value is -0.740. The molecule has 0 saturated carbocycles. The van der Waals surface area contributed by atoms with Crippen molar-refractivity contribution in [3.63, 3.8) is 0 Å². The fourth-order valence-electron chi connectivity index (χ4n) is 2.39. The van der Waals surface area contributed by atoms with Crippen LogP contribution in [-0.2, 0) is 6.54 Å². The van der Waals surface area contributed by atoms with Crippen molar-refractivity contribution in [1.82, 2.24) is 10.3 Å². The van der Waals surface area contributed by atoms with Gasteiger partial charge in [0.2, 0.25) is 0 Å². The van der Waals surface area contributed by atoms with Crippen LogP contribution in [0.2, 0.25) is 0 Å². The highest BCUT2D eigenvalue weighted by Crippen LogP contribution is 2.24. The largest absolute Gasteiger partial charge is 0.496 e. The van der Waals surface area contributed by atoms with Crippen molar-refractivity contribution < 1.29 is 4.74 Å². The van der Waals surface area contributed by atoms with Crippen LogP contribution >= 0.6 is 11.8 Å². The van der Waals surface area contributed by atoms with Gasteiger partial charge in [-0.25, -0.2) is 0 Å². The lowest BCUT2D eigenvalue weighted by molar-refractivity contribution is 0.406. The zero-order valence-electron chi connectivity index (χ0n) is 11.5. The predicted molar refractivity (Wildman–Crippen MR) is 77.4 cm³/mol. The molecule has 0 amide bonds. The van der Waals surface area contributed by atoms with Crippen molar-refractivity contribution in [2.45, 2.75) is 26.8 Å². The monoisotopic (exact) mass is 266 g/mol. The molecular weight excluding hydrogens is 244 g/mol. The zero-order valence-corrected chi connectivity index (χ0v) is 12.3. The van der Waals surface area contributed by atoms with E-state index in [0.717, 1.165) is 41.6 Å². The number of rotatable bonds is 5. The molecule has 0 spiro atoms. The Morgan fingerprint density at radius 1 is 1.50 bits per heavy atom. The molecule has 1 unspecified atom stereocenters. The summed E-state index contributed by atoms with van der Waals surface area (Å²) in [5.41, 5.74) is 3.36. The Balaban J connectivity index is 1.92. The molecular formula is C14H22N2OS. The first-order valence-electron chi connectivity index (χ1n) is 6.50. The summed E-state index contributed by atoms with van der Waals surface area (Å²) in [5.74, 6) is 4.43. The molecule has 0 aromatic carbocycles. The van der Waals surface area contributed by atoms with Gasteiger partial charge in [0.25, 0.3) is 0 Å². The third-order valence-corrected chi connectivity index (χ3v) is 4.73. The molecule has 3 nitrogen and oxygen atoms in total. The molecule has 1 atom stereocenters. The van der Waals surface area contributed by atoms with Gasteiger partial charge in [-0.2, -0.15) is 11.8 Å². The second kappa shape index (κ2) is 6.43. The van der Waals surface area contributed by atoms with Gasteiger partial charge in [-0.15, -0.1) is 0 Å². The molecule has 100 valence electrons. The Morgan fingerprint density at radius 3 is 3.00 bits per heavy atom.